The second-order valence-corrected chi connectivity index (χ2v) is 8.38. The summed E-state index contributed by atoms with van der Waals surface area (Å²) >= 11 is 0. The highest BCUT2D eigenvalue weighted by atomic mass is 19.4. The van der Waals surface area contributed by atoms with Crippen LogP contribution in [0.2, 0.25) is 0 Å². The van der Waals surface area contributed by atoms with Crippen molar-refractivity contribution in [3.05, 3.63) is 71.1 Å². The molecule has 0 spiro atoms. The van der Waals surface area contributed by atoms with Gasteiger partial charge in [0.15, 0.2) is 5.82 Å². The average molecular weight is 413 g/mol. The molecule has 0 fully saturated rings. The molecule has 4 rings (SSSR count). The lowest BCUT2D eigenvalue weighted by Gasteiger charge is -2.31. The predicted octanol–water partition coefficient (Wildman–Crippen LogP) is 5.82. The Morgan fingerprint density at radius 1 is 1.20 bits per heavy atom. The van der Waals surface area contributed by atoms with Crippen molar-refractivity contribution < 1.29 is 13.2 Å². The van der Waals surface area contributed by atoms with Gasteiger partial charge in [0.05, 0.1) is 11.3 Å². The van der Waals surface area contributed by atoms with E-state index < -0.39 is 11.7 Å². The summed E-state index contributed by atoms with van der Waals surface area (Å²) in [6.45, 7) is 8.91. The van der Waals surface area contributed by atoms with Gasteiger partial charge in [-0.2, -0.15) is 13.2 Å². The van der Waals surface area contributed by atoms with Gasteiger partial charge in [-0.1, -0.05) is 35.9 Å². The standard InChI is InChI=1S/C24H26F3N3/c1-16(2)18-5-3-17(4-6-18)14-30-12-11-22-20(15-30)13-28-23(29-22)19-7-9-21(10-8-19)24(25,26)27/h3,7-10,13,18H,1,4-6,11-12,14-15H2,2H3. The highest BCUT2D eigenvalue weighted by molar-refractivity contribution is 5.56. The molecule has 2 heterocycles. The van der Waals surface area contributed by atoms with Crippen LogP contribution >= 0.6 is 0 Å². The van der Waals surface area contributed by atoms with Gasteiger partial charge in [-0.05, 0) is 44.2 Å². The fraction of sp³-hybridized carbons (Fsp3) is 0.417. The van der Waals surface area contributed by atoms with Crippen molar-refractivity contribution in [1.82, 2.24) is 14.9 Å². The summed E-state index contributed by atoms with van der Waals surface area (Å²) in [5.41, 5.74) is 4.82. The molecule has 1 aliphatic carbocycles. The Bertz CT molecular complexity index is 961. The predicted molar refractivity (Wildman–Crippen MR) is 112 cm³/mol. The summed E-state index contributed by atoms with van der Waals surface area (Å²) in [5.74, 6) is 1.10. The summed E-state index contributed by atoms with van der Waals surface area (Å²) in [7, 11) is 0. The van der Waals surface area contributed by atoms with Crippen molar-refractivity contribution in [2.75, 3.05) is 13.1 Å². The van der Waals surface area contributed by atoms with Crippen molar-refractivity contribution in [3.8, 4) is 11.4 Å². The topological polar surface area (TPSA) is 29.0 Å². The molecular weight excluding hydrogens is 387 g/mol. The molecule has 1 unspecified atom stereocenters. The number of hydrogen-bond acceptors (Lipinski definition) is 3. The maximum atomic E-state index is 12.8. The molecule has 1 aromatic heterocycles. The lowest BCUT2D eigenvalue weighted by atomic mass is 9.85. The van der Waals surface area contributed by atoms with Crippen LogP contribution in [0.4, 0.5) is 13.2 Å². The van der Waals surface area contributed by atoms with Gasteiger partial charge in [0, 0.05) is 43.4 Å². The molecule has 2 aromatic rings. The molecule has 6 heteroatoms. The summed E-state index contributed by atoms with van der Waals surface area (Å²) in [6.07, 6.45) is 4.10. The summed E-state index contributed by atoms with van der Waals surface area (Å²) in [4.78, 5) is 11.5. The maximum Gasteiger partial charge on any atom is 0.416 e. The van der Waals surface area contributed by atoms with E-state index in [0.29, 0.717) is 17.3 Å². The summed E-state index contributed by atoms with van der Waals surface area (Å²) in [5, 5.41) is 0. The van der Waals surface area contributed by atoms with Crippen LogP contribution in [-0.2, 0) is 19.1 Å². The van der Waals surface area contributed by atoms with Crippen LogP contribution in [0.3, 0.4) is 0 Å². The van der Waals surface area contributed by atoms with E-state index in [1.165, 1.54) is 29.7 Å². The molecule has 30 heavy (non-hydrogen) atoms. The molecule has 1 aliphatic heterocycles. The zero-order valence-corrected chi connectivity index (χ0v) is 17.2. The number of aromatic nitrogens is 2. The Hall–Kier alpha value is -2.47. The number of benzene rings is 1. The summed E-state index contributed by atoms with van der Waals surface area (Å²) < 4.78 is 38.3. The number of allylic oxidation sites excluding steroid dienone is 2. The quantitative estimate of drug-likeness (QED) is 0.591. The lowest BCUT2D eigenvalue weighted by molar-refractivity contribution is -0.137. The smallest absolute Gasteiger partial charge is 0.295 e. The van der Waals surface area contributed by atoms with Crippen LogP contribution in [-0.4, -0.2) is 28.0 Å². The first-order chi connectivity index (χ1) is 14.3. The zero-order valence-electron chi connectivity index (χ0n) is 17.2. The minimum absolute atomic E-state index is 0.483. The minimum Gasteiger partial charge on any atom is -0.295 e. The second kappa shape index (κ2) is 8.34. The van der Waals surface area contributed by atoms with E-state index in [9.17, 15) is 13.2 Å². The fourth-order valence-corrected chi connectivity index (χ4v) is 4.22. The number of nitrogens with zero attached hydrogens (tertiary/aromatic N) is 3. The third kappa shape index (κ3) is 4.64. The van der Waals surface area contributed by atoms with E-state index in [-0.39, 0.29) is 0 Å². The van der Waals surface area contributed by atoms with Gasteiger partial charge in [0.25, 0.3) is 0 Å². The van der Waals surface area contributed by atoms with E-state index in [2.05, 4.69) is 34.4 Å². The van der Waals surface area contributed by atoms with Crippen LogP contribution in [0.15, 0.2) is 54.3 Å². The van der Waals surface area contributed by atoms with Gasteiger partial charge in [-0.3, -0.25) is 4.90 Å². The van der Waals surface area contributed by atoms with Gasteiger partial charge in [0.1, 0.15) is 0 Å². The van der Waals surface area contributed by atoms with Crippen molar-refractivity contribution in [1.29, 1.82) is 0 Å². The van der Waals surface area contributed by atoms with Crippen LogP contribution in [0.5, 0.6) is 0 Å². The van der Waals surface area contributed by atoms with Crippen molar-refractivity contribution in [3.63, 3.8) is 0 Å². The highest BCUT2D eigenvalue weighted by Gasteiger charge is 2.30. The molecule has 0 amide bonds. The second-order valence-electron chi connectivity index (χ2n) is 8.38. The molecule has 0 saturated heterocycles. The first-order valence-corrected chi connectivity index (χ1v) is 10.4. The Kier molecular flexibility index (Phi) is 5.78. The Morgan fingerprint density at radius 2 is 1.97 bits per heavy atom. The largest absolute Gasteiger partial charge is 0.416 e. The molecule has 1 atom stereocenters. The molecule has 0 N–H and O–H groups in total. The fourth-order valence-electron chi connectivity index (χ4n) is 4.22. The molecule has 0 radical (unpaired) electrons. The SMILES string of the molecule is C=C(C)C1CC=C(CN2CCc3nc(-c4ccc(C(F)(F)F)cc4)ncc3C2)CC1. The lowest BCUT2D eigenvalue weighted by Crippen LogP contribution is -2.33. The van der Waals surface area contributed by atoms with Crippen LogP contribution < -0.4 is 0 Å². The van der Waals surface area contributed by atoms with E-state index in [0.717, 1.165) is 62.3 Å². The Morgan fingerprint density at radius 3 is 2.60 bits per heavy atom. The number of fused-ring (bicyclic) bond motifs is 1. The first kappa shape index (κ1) is 20.8. The van der Waals surface area contributed by atoms with E-state index in [4.69, 9.17) is 0 Å². The van der Waals surface area contributed by atoms with Crippen LogP contribution in [0.1, 0.15) is 43.0 Å². The van der Waals surface area contributed by atoms with Gasteiger partial charge in [0.2, 0.25) is 0 Å². The number of hydrogen-bond donors (Lipinski definition) is 0. The van der Waals surface area contributed by atoms with Crippen molar-refractivity contribution in [2.24, 2.45) is 5.92 Å². The molecule has 2 aliphatic rings. The minimum atomic E-state index is -4.34. The summed E-state index contributed by atoms with van der Waals surface area (Å²) in [6, 6.07) is 5.04. The van der Waals surface area contributed by atoms with Gasteiger partial charge < -0.3 is 0 Å². The van der Waals surface area contributed by atoms with E-state index in [1.54, 1.807) is 0 Å². The maximum absolute atomic E-state index is 12.8. The Balaban J connectivity index is 1.42. The van der Waals surface area contributed by atoms with Crippen LogP contribution in [0, 0.1) is 5.92 Å². The van der Waals surface area contributed by atoms with Crippen molar-refractivity contribution in [2.45, 2.75) is 45.3 Å². The number of rotatable bonds is 4. The number of halogens is 3. The van der Waals surface area contributed by atoms with Gasteiger partial charge in [-0.25, -0.2) is 9.97 Å². The average Bonchev–Trinajstić information content (AvgIpc) is 2.73. The van der Waals surface area contributed by atoms with E-state index in [1.807, 2.05) is 6.20 Å². The molecule has 1 aromatic carbocycles. The number of alkyl halides is 3. The normalized spacial score (nSPS) is 19.9. The molecule has 0 bridgehead atoms. The Labute approximate surface area is 175 Å². The third-order valence-corrected chi connectivity index (χ3v) is 6.11. The highest BCUT2D eigenvalue weighted by Crippen LogP contribution is 2.31. The molecule has 0 saturated carbocycles. The van der Waals surface area contributed by atoms with Crippen molar-refractivity contribution >= 4 is 0 Å². The molecule has 3 nitrogen and oxygen atoms in total. The van der Waals surface area contributed by atoms with E-state index >= 15 is 0 Å². The zero-order chi connectivity index (χ0) is 21.3. The van der Waals surface area contributed by atoms with Crippen LogP contribution in [0.25, 0.3) is 11.4 Å². The monoisotopic (exact) mass is 413 g/mol. The molecular formula is C24H26F3N3. The van der Waals surface area contributed by atoms with Gasteiger partial charge >= 0.3 is 6.18 Å². The third-order valence-electron chi connectivity index (χ3n) is 6.11. The first-order valence-electron chi connectivity index (χ1n) is 10.4. The molecule has 158 valence electrons. The van der Waals surface area contributed by atoms with Gasteiger partial charge in [-0.15, -0.1) is 0 Å².